The van der Waals surface area contributed by atoms with Gasteiger partial charge in [-0.25, -0.2) is 0 Å². The van der Waals surface area contributed by atoms with Gasteiger partial charge in [0.2, 0.25) is 0 Å². The zero-order valence-corrected chi connectivity index (χ0v) is 18.7. The lowest BCUT2D eigenvalue weighted by atomic mass is 10.1. The molecule has 10 nitrogen and oxygen atoms in total. The molecule has 6 N–H and O–H groups in total. The summed E-state index contributed by atoms with van der Waals surface area (Å²) in [5.74, 6) is 0. The summed E-state index contributed by atoms with van der Waals surface area (Å²) in [6.45, 7) is 1.91. The SMILES string of the molecule is Cc1ccccc1/N=N/c1c(N)c(/N=N/c2cccc(CCCO)c2)cc(S(=O)(=O)O)c1N. The maximum Gasteiger partial charge on any atom is 0.296 e. The number of aliphatic hydroxyl groups is 1. The zero-order valence-electron chi connectivity index (χ0n) is 17.9. The number of anilines is 2. The van der Waals surface area contributed by atoms with E-state index in [1.807, 2.05) is 25.1 Å². The minimum absolute atomic E-state index is 0.0441. The molecule has 172 valence electrons. The summed E-state index contributed by atoms with van der Waals surface area (Å²) in [5.41, 5.74) is 14.4. The summed E-state index contributed by atoms with van der Waals surface area (Å²) in [6, 6.07) is 15.4. The van der Waals surface area contributed by atoms with Crippen LogP contribution in [-0.2, 0) is 16.5 Å². The van der Waals surface area contributed by atoms with Crippen LogP contribution >= 0.6 is 0 Å². The van der Waals surface area contributed by atoms with Crippen LogP contribution in [0.15, 0.2) is 79.9 Å². The first-order valence-corrected chi connectivity index (χ1v) is 11.4. The molecule has 0 unspecified atom stereocenters. The van der Waals surface area contributed by atoms with Gasteiger partial charge >= 0.3 is 0 Å². The topological polar surface area (TPSA) is 176 Å². The number of benzene rings is 3. The van der Waals surface area contributed by atoms with Crippen LogP contribution in [0.5, 0.6) is 0 Å². The van der Waals surface area contributed by atoms with Gasteiger partial charge in [-0.05, 0) is 55.2 Å². The molecule has 0 atom stereocenters. The number of nitrogens with two attached hydrogens (primary N) is 2. The van der Waals surface area contributed by atoms with Crippen LogP contribution in [0.1, 0.15) is 17.5 Å². The first-order chi connectivity index (χ1) is 15.7. The van der Waals surface area contributed by atoms with Crippen LogP contribution in [0.25, 0.3) is 0 Å². The third-order valence-electron chi connectivity index (χ3n) is 4.78. The number of nitrogen functional groups attached to an aromatic ring is 2. The maximum absolute atomic E-state index is 11.9. The quantitative estimate of drug-likeness (QED) is 0.201. The zero-order chi connectivity index (χ0) is 24.0. The largest absolute Gasteiger partial charge is 0.396 e. The van der Waals surface area contributed by atoms with E-state index in [-0.39, 0.29) is 29.4 Å². The van der Waals surface area contributed by atoms with Gasteiger partial charge in [0.15, 0.2) is 0 Å². The smallest absolute Gasteiger partial charge is 0.296 e. The molecule has 0 saturated carbocycles. The molecule has 0 bridgehead atoms. The average molecular weight is 469 g/mol. The van der Waals surface area contributed by atoms with Gasteiger partial charge in [0, 0.05) is 6.61 Å². The molecule has 3 aromatic carbocycles. The van der Waals surface area contributed by atoms with Gasteiger partial charge in [-0.15, -0.1) is 10.2 Å². The lowest BCUT2D eigenvalue weighted by molar-refractivity contribution is 0.288. The molecule has 0 spiro atoms. The van der Waals surface area contributed by atoms with Gasteiger partial charge in [-0.1, -0.05) is 30.3 Å². The van der Waals surface area contributed by atoms with E-state index in [0.29, 0.717) is 24.2 Å². The Bertz CT molecular complexity index is 1320. The highest BCUT2D eigenvalue weighted by atomic mass is 32.2. The Balaban J connectivity index is 2.06. The molecule has 3 rings (SSSR count). The van der Waals surface area contributed by atoms with Crippen LogP contribution < -0.4 is 11.5 Å². The van der Waals surface area contributed by atoms with E-state index in [4.69, 9.17) is 16.6 Å². The number of aryl methyl sites for hydroxylation is 2. The van der Waals surface area contributed by atoms with E-state index >= 15 is 0 Å². The summed E-state index contributed by atoms with van der Waals surface area (Å²) in [5, 5.41) is 25.4. The lowest BCUT2D eigenvalue weighted by Gasteiger charge is -2.10. The molecule has 3 aromatic rings. The second-order valence-electron chi connectivity index (χ2n) is 7.23. The van der Waals surface area contributed by atoms with Crippen molar-refractivity contribution in [3.05, 3.63) is 65.7 Å². The first-order valence-electron chi connectivity index (χ1n) is 9.99. The summed E-state index contributed by atoms with van der Waals surface area (Å²) < 4.78 is 33.4. The Hall–Kier alpha value is -3.67. The van der Waals surface area contributed by atoms with Gasteiger partial charge in [0.05, 0.1) is 22.7 Å². The maximum atomic E-state index is 11.9. The van der Waals surface area contributed by atoms with Crippen molar-refractivity contribution in [2.75, 3.05) is 18.1 Å². The fourth-order valence-corrected chi connectivity index (χ4v) is 3.65. The molecule has 0 amide bonds. The standard InChI is InChI=1S/C22H24N6O4S/c1-14-6-2-3-10-17(14)26-28-22-20(23)18(13-19(21(22)24)33(30,31)32)27-25-16-9-4-7-15(12-16)8-5-11-29/h2-4,6-7,9-10,12-13,29H,5,8,11,23-24H2,1H3,(H,30,31,32)/b27-25+,28-26+. The predicted octanol–water partition coefficient (Wildman–Crippen LogP) is 5.16. The third kappa shape index (κ3) is 5.98. The van der Waals surface area contributed by atoms with E-state index < -0.39 is 15.0 Å². The molecule has 0 fully saturated rings. The summed E-state index contributed by atoms with van der Waals surface area (Å²) in [4.78, 5) is -0.596. The van der Waals surface area contributed by atoms with E-state index in [9.17, 15) is 13.0 Å². The Morgan fingerprint density at radius 3 is 2.30 bits per heavy atom. The van der Waals surface area contributed by atoms with Gasteiger partial charge in [0.1, 0.15) is 16.3 Å². The Kier molecular flexibility index (Phi) is 7.48. The van der Waals surface area contributed by atoms with Crippen LogP contribution in [0, 0.1) is 6.92 Å². The third-order valence-corrected chi connectivity index (χ3v) is 5.67. The van der Waals surface area contributed by atoms with E-state index in [1.165, 1.54) is 0 Å². The molecule has 0 saturated heterocycles. The molecular weight excluding hydrogens is 444 g/mol. The highest BCUT2D eigenvalue weighted by molar-refractivity contribution is 7.86. The highest BCUT2D eigenvalue weighted by Gasteiger charge is 2.22. The number of aliphatic hydroxyl groups excluding tert-OH is 1. The molecule has 0 aromatic heterocycles. The second-order valence-corrected chi connectivity index (χ2v) is 8.62. The fraction of sp³-hybridized carbons (Fsp3) is 0.182. The molecule has 0 aliphatic rings. The fourth-order valence-electron chi connectivity index (χ4n) is 3.02. The van der Waals surface area contributed by atoms with Crippen molar-refractivity contribution in [3.8, 4) is 0 Å². The second kappa shape index (κ2) is 10.3. The number of azo groups is 2. The molecule has 11 heteroatoms. The van der Waals surface area contributed by atoms with Gasteiger partial charge in [-0.3, -0.25) is 4.55 Å². The molecule has 0 aliphatic heterocycles. The van der Waals surface area contributed by atoms with E-state index in [2.05, 4.69) is 20.5 Å². The van der Waals surface area contributed by atoms with Crippen LogP contribution in [0.3, 0.4) is 0 Å². The van der Waals surface area contributed by atoms with Crippen molar-refractivity contribution in [1.29, 1.82) is 0 Å². The van der Waals surface area contributed by atoms with Crippen molar-refractivity contribution in [1.82, 2.24) is 0 Å². The molecule has 0 heterocycles. The lowest BCUT2D eigenvalue weighted by Crippen LogP contribution is -2.05. The normalized spacial score (nSPS) is 12.1. The Morgan fingerprint density at radius 2 is 1.61 bits per heavy atom. The van der Waals surface area contributed by atoms with Crippen LogP contribution in [0.2, 0.25) is 0 Å². The minimum Gasteiger partial charge on any atom is -0.396 e. The first kappa shape index (κ1) is 24.0. The molecular formula is C22H24N6O4S. The van der Waals surface area contributed by atoms with Crippen LogP contribution in [-0.4, -0.2) is 24.7 Å². The van der Waals surface area contributed by atoms with Crippen LogP contribution in [0.4, 0.5) is 34.1 Å². The van der Waals surface area contributed by atoms with Crippen molar-refractivity contribution in [2.45, 2.75) is 24.7 Å². The average Bonchev–Trinajstić information content (AvgIpc) is 2.77. The molecule has 0 aliphatic carbocycles. The number of rotatable bonds is 8. The summed E-state index contributed by atoms with van der Waals surface area (Å²) in [6.07, 6.45) is 1.28. The van der Waals surface area contributed by atoms with Gasteiger partial charge in [-0.2, -0.15) is 18.6 Å². The van der Waals surface area contributed by atoms with Crippen molar-refractivity contribution >= 4 is 44.2 Å². The number of hydrogen-bond donors (Lipinski definition) is 4. The van der Waals surface area contributed by atoms with Crippen molar-refractivity contribution in [3.63, 3.8) is 0 Å². The van der Waals surface area contributed by atoms with Crippen molar-refractivity contribution < 1.29 is 18.1 Å². The molecule has 0 radical (unpaired) electrons. The highest BCUT2D eigenvalue weighted by Crippen LogP contribution is 2.43. The van der Waals surface area contributed by atoms with Gasteiger partial charge < -0.3 is 16.6 Å². The Labute approximate surface area is 191 Å². The number of hydrogen-bond acceptors (Lipinski definition) is 9. The summed E-state index contributed by atoms with van der Waals surface area (Å²) >= 11 is 0. The van der Waals surface area contributed by atoms with Crippen molar-refractivity contribution in [2.24, 2.45) is 20.5 Å². The Morgan fingerprint density at radius 1 is 0.879 bits per heavy atom. The summed E-state index contributed by atoms with van der Waals surface area (Å²) in [7, 11) is -4.69. The van der Waals surface area contributed by atoms with E-state index in [1.54, 1.807) is 30.3 Å². The number of nitrogens with zero attached hydrogens (tertiary/aromatic N) is 4. The molecule has 33 heavy (non-hydrogen) atoms. The monoisotopic (exact) mass is 468 g/mol. The van der Waals surface area contributed by atoms with E-state index in [0.717, 1.165) is 17.2 Å². The predicted molar refractivity (Wildman–Crippen MR) is 126 cm³/mol. The minimum atomic E-state index is -4.69. The van der Waals surface area contributed by atoms with Gasteiger partial charge in [0.25, 0.3) is 10.1 Å².